The molecule has 0 aliphatic heterocycles. The van der Waals surface area contributed by atoms with E-state index in [1.165, 1.54) is 52.8 Å². The van der Waals surface area contributed by atoms with Crippen LogP contribution in [0.3, 0.4) is 0 Å². The first-order valence-electron chi connectivity index (χ1n) is 11.1. The molecule has 3 aromatic rings. The molecule has 1 amide bonds. The van der Waals surface area contributed by atoms with Gasteiger partial charge < -0.3 is 18.9 Å². The molecular weight excluding hydrogens is 498 g/mol. The molecule has 0 saturated carbocycles. The second-order valence-electron chi connectivity index (χ2n) is 7.76. The van der Waals surface area contributed by atoms with Gasteiger partial charge in [0, 0.05) is 13.1 Å². The second-order valence-corrected chi connectivity index (χ2v) is 9.80. The number of benzene rings is 3. The number of methoxy groups -OCH3 is 3. The lowest BCUT2D eigenvalue weighted by atomic mass is 10.2. The number of ether oxygens (including phenoxy) is 4. The lowest BCUT2D eigenvalue weighted by Gasteiger charge is -2.17. The summed E-state index contributed by atoms with van der Waals surface area (Å²) in [6, 6.07) is 19.2. The zero-order chi connectivity index (χ0) is 26.8. The first-order chi connectivity index (χ1) is 17.8. The van der Waals surface area contributed by atoms with Gasteiger partial charge in [-0.25, -0.2) is 13.8 Å². The zero-order valence-corrected chi connectivity index (χ0v) is 21.8. The van der Waals surface area contributed by atoms with Crippen molar-refractivity contribution in [3.8, 4) is 23.0 Å². The topological polar surface area (TPSA) is 116 Å². The highest BCUT2D eigenvalue weighted by Gasteiger charge is 2.24. The number of amides is 1. The quantitative estimate of drug-likeness (QED) is 0.284. The molecule has 37 heavy (non-hydrogen) atoms. The largest absolute Gasteiger partial charge is 0.493 e. The minimum absolute atomic E-state index is 0.0365. The van der Waals surface area contributed by atoms with Gasteiger partial charge in [-0.1, -0.05) is 30.3 Å². The third kappa shape index (κ3) is 7.21. The van der Waals surface area contributed by atoms with Crippen LogP contribution < -0.4 is 24.4 Å². The zero-order valence-electron chi connectivity index (χ0n) is 21.0. The average molecular weight is 528 g/mol. The number of hydrogen-bond donors (Lipinski definition) is 1. The molecule has 10 nitrogen and oxygen atoms in total. The van der Waals surface area contributed by atoms with Gasteiger partial charge >= 0.3 is 0 Å². The number of hydrazone groups is 1. The number of carbonyl (C=O) groups excluding carboxylic acids is 1. The Labute approximate surface area is 216 Å². The van der Waals surface area contributed by atoms with Crippen molar-refractivity contribution in [2.24, 2.45) is 5.10 Å². The molecule has 11 heteroatoms. The van der Waals surface area contributed by atoms with Gasteiger partial charge in [0.1, 0.15) is 6.61 Å². The first-order valence-corrected chi connectivity index (χ1v) is 12.6. The molecule has 0 aromatic heterocycles. The summed E-state index contributed by atoms with van der Waals surface area (Å²) in [5, 5.41) is 3.92. The van der Waals surface area contributed by atoms with E-state index in [-0.39, 0.29) is 10.6 Å². The third-order valence-electron chi connectivity index (χ3n) is 5.26. The maximum atomic E-state index is 12.9. The molecule has 0 spiro atoms. The van der Waals surface area contributed by atoms with Crippen LogP contribution in [0.2, 0.25) is 0 Å². The highest BCUT2D eigenvalue weighted by atomic mass is 32.2. The smallest absolute Gasteiger partial charge is 0.255 e. The van der Waals surface area contributed by atoms with E-state index in [1.807, 2.05) is 30.3 Å². The number of sulfonamides is 1. The van der Waals surface area contributed by atoms with Gasteiger partial charge in [-0.3, -0.25) is 4.79 Å². The van der Waals surface area contributed by atoms with Gasteiger partial charge in [-0.15, -0.1) is 0 Å². The van der Waals surface area contributed by atoms with Crippen molar-refractivity contribution in [1.82, 2.24) is 9.73 Å². The summed E-state index contributed by atoms with van der Waals surface area (Å²) < 4.78 is 48.2. The van der Waals surface area contributed by atoms with E-state index >= 15 is 0 Å². The molecule has 196 valence electrons. The van der Waals surface area contributed by atoms with Gasteiger partial charge in [0.05, 0.1) is 39.0 Å². The standard InChI is InChI=1S/C26H29N3O7S/c1-29(37(31,32)21-11-13-22(33-2)25(15-21)35-4)17-26(30)28-27-16-20-10-12-23(24(14-20)34-3)36-18-19-8-6-5-7-9-19/h5-16H,17-18H2,1-4H3,(H,28,30)/b27-16-. The summed E-state index contributed by atoms with van der Waals surface area (Å²) in [6.45, 7) is -0.0516. The van der Waals surface area contributed by atoms with Gasteiger partial charge in [-0.2, -0.15) is 9.41 Å². The van der Waals surface area contributed by atoms with Crippen molar-refractivity contribution in [2.75, 3.05) is 34.9 Å². The molecule has 0 fully saturated rings. The molecule has 0 heterocycles. The molecule has 3 rings (SSSR count). The van der Waals surface area contributed by atoms with Crippen LogP contribution in [0.5, 0.6) is 23.0 Å². The molecule has 1 N–H and O–H groups in total. The minimum Gasteiger partial charge on any atom is -0.493 e. The molecule has 0 aliphatic rings. The van der Waals surface area contributed by atoms with Crippen LogP contribution in [-0.4, -0.2) is 59.8 Å². The summed E-state index contributed by atoms with van der Waals surface area (Å²) in [4.78, 5) is 12.3. The third-order valence-corrected chi connectivity index (χ3v) is 7.06. The van der Waals surface area contributed by atoms with E-state index in [0.717, 1.165) is 9.87 Å². The maximum Gasteiger partial charge on any atom is 0.255 e. The molecule has 0 unspecified atom stereocenters. The summed E-state index contributed by atoms with van der Waals surface area (Å²) in [5.74, 6) is 1.11. The molecular formula is C26H29N3O7S. The molecule has 0 bridgehead atoms. The minimum atomic E-state index is -3.95. The van der Waals surface area contributed by atoms with Crippen molar-refractivity contribution >= 4 is 22.1 Å². The normalized spacial score (nSPS) is 11.4. The highest BCUT2D eigenvalue weighted by molar-refractivity contribution is 7.89. The maximum absolute atomic E-state index is 12.9. The Morgan fingerprint density at radius 1 is 0.892 bits per heavy atom. The van der Waals surface area contributed by atoms with E-state index in [1.54, 1.807) is 18.2 Å². The van der Waals surface area contributed by atoms with Gasteiger partial charge in [0.25, 0.3) is 5.91 Å². The van der Waals surface area contributed by atoms with Crippen molar-refractivity contribution < 1.29 is 32.2 Å². The Morgan fingerprint density at radius 2 is 1.54 bits per heavy atom. The Hall–Kier alpha value is -4.09. The van der Waals surface area contributed by atoms with Crippen molar-refractivity contribution in [3.05, 3.63) is 77.9 Å². The summed E-state index contributed by atoms with van der Waals surface area (Å²) >= 11 is 0. The molecule has 0 saturated heterocycles. The van der Waals surface area contributed by atoms with Crippen LogP contribution in [0.15, 0.2) is 76.7 Å². The predicted octanol–water partition coefficient (Wildman–Crippen LogP) is 3.06. The SMILES string of the molecule is COc1ccc(S(=O)(=O)N(C)CC(=O)N/N=C\c2ccc(OCc3ccccc3)c(OC)c2)cc1OC. The van der Waals surface area contributed by atoms with Crippen LogP contribution in [-0.2, 0) is 21.4 Å². The molecule has 0 radical (unpaired) electrons. The van der Waals surface area contributed by atoms with Crippen molar-refractivity contribution in [2.45, 2.75) is 11.5 Å². The van der Waals surface area contributed by atoms with Crippen LogP contribution in [0.4, 0.5) is 0 Å². The molecule has 0 aliphatic carbocycles. The highest BCUT2D eigenvalue weighted by Crippen LogP contribution is 2.30. The van der Waals surface area contributed by atoms with E-state index in [9.17, 15) is 13.2 Å². The van der Waals surface area contributed by atoms with Crippen LogP contribution in [0.25, 0.3) is 0 Å². The fourth-order valence-corrected chi connectivity index (χ4v) is 4.42. The summed E-state index contributed by atoms with van der Waals surface area (Å²) in [6.07, 6.45) is 1.42. The fourth-order valence-electron chi connectivity index (χ4n) is 3.28. The van der Waals surface area contributed by atoms with E-state index in [4.69, 9.17) is 18.9 Å². The van der Waals surface area contributed by atoms with Gasteiger partial charge in [0.15, 0.2) is 23.0 Å². The number of nitrogens with one attached hydrogen (secondary N) is 1. The lowest BCUT2D eigenvalue weighted by Crippen LogP contribution is -2.36. The summed E-state index contributed by atoms with van der Waals surface area (Å²) in [5.41, 5.74) is 4.01. The van der Waals surface area contributed by atoms with E-state index in [0.29, 0.717) is 29.4 Å². The monoisotopic (exact) mass is 527 g/mol. The average Bonchev–Trinajstić information content (AvgIpc) is 2.92. The van der Waals surface area contributed by atoms with E-state index < -0.39 is 22.5 Å². The van der Waals surface area contributed by atoms with Crippen LogP contribution in [0.1, 0.15) is 11.1 Å². The van der Waals surface area contributed by atoms with Gasteiger partial charge in [-0.05, 0) is 41.5 Å². The fraction of sp³-hybridized carbons (Fsp3) is 0.231. The Bertz CT molecular complexity index is 1350. The lowest BCUT2D eigenvalue weighted by molar-refractivity contribution is -0.121. The van der Waals surface area contributed by atoms with Crippen molar-refractivity contribution in [3.63, 3.8) is 0 Å². The van der Waals surface area contributed by atoms with Gasteiger partial charge in [0.2, 0.25) is 10.0 Å². The summed E-state index contributed by atoms with van der Waals surface area (Å²) in [7, 11) is 1.73. The number of nitrogens with zero attached hydrogens (tertiary/aromatic N) is 2. The number of rotatable bonds is 12. The number of hydrogen-bond acceptors (Lipinski definition) is 8. The van der Waals surface area contributed by atoms with Crippen LogP contribution >= 0.6 is 0 Å². The molecule has 0 atom stereocenters. The Kier molecular flexibility index (Phi) is 9.47. The Balaban J connectivity index is 1.59. The first kappa shape index (κ1) is 27.5. The Morgan fingerprint density at radius 3 is 2.22 bits per heavy atom. The predicted molar refractivity (Wildman–Crippen MR) is 139 cm³/mol. The van der Waals surface area contributed by atoms with Crippen molar-refractivity contribution in [1.29, 1.82) is 0 Å². The second kappa shape index (κ2) is 12.7. The number of carbonyl (C=O) groups is 1. The molecule has 3 aromatic carbocycles. The van der Waals surface area contributed by atoms with E-state index in [2.05, 4.69) is 10.5 Å². The number of likely N-dealkylation sites (N-methyl/N-ethyl adjacent to an activating group) is 1. The van der Waals surface area contributed by atoms with Crippen LogP contribution in [0, 0.1) is 0 Å².